The molecule has 1 aromatic rings. The van der Waals surface area contributed by atoms with Crippen LogP contribution >= 0.6 is 11.6 Å². The molecule has 1 heterocycles. The fourth-order valence-electron chi connectivity index (χ4n) is 2.96. The molecule has 2 rings (SSSR count). The highest BCUT2D eigenvalue weighted by molar-refractivity contribution is 6.33. The molecule has 0 unspecified atom stereocenters. The zero-order valence-electron chi connectivity index (χ0n) is 17.4. The highest BCUT2D eigenvalue weighted by Crippen LogP contribution is 2.33. The van der Waals surface area contributed by atoms with Crippen LogP contribution in [0.2, 0.25) is 5.02 Å². The second kappa shape index (κ2) is 12.8. The van der Waals surface area contributed by atoms with Gasteiger partial charge in [-0.25, -0.2) is 4.79 Å². The number of nitrogens with one attached hydrogen (secondary N) is 1. The Morgan fingerprint density at radius 1 is 1.29 bits per heavy atom. The number of fused-ring (bicyclic) bond motifs is 1. The number of hydrogen-bond donors (Lipinski definition) is 3. The van der Waals surface area contributed by atoms with Gasteiger partial charge >= 0.3 is 5.97 Å². The predicted molar refractivity (Wildman–Crippen MR) is 117 cm³/mol. The summed E-state index contributed by atoms with van der Waals surface area (Å²) in [6, 6.07) is 1.42. The van der Waals surface area contributed by atoms with E-state index in [2.05, 4.69) is 10.5 Å². The highest BCUT2D eigenvalue weighted by Gasteiger charge is 2.22. The lowest BCUT2D eigenvalue weighted by atomic mass is 9.96. The zero-order valence-corrected chi connectivity index (χ0v) is 18.2. The fraction of sp³-hybridized carbons (Fsp3) is 0.409. The van der Waals surface area contributed by atoms with Crippen molar-refractivity contribution in [2.45, 2.75) is 32.6 Å². The van der Waals surface area contributed by atoms with Crippen LogP contribution in [0.15, 0.2) is 35.5 Å². The summed E-state index contributed by atoms with van der Waals surface area (Å²) in [5.41, 5.74) is 1.58. The fourth-order valence-corrected chi connectivity index (χ4v) is 3.17. The van der Waals surface area contributed by atoms with E-state index in [1.807, 2.05) is 18.2 Å². The normalized spacial score (nSPS) is 18.4. The lowest BCUT2D eigenvalue weighted by Crippen LogP contribution is -2.29. The number of nitrogens with zero attached hydrogens (tertiary/aromatic N) is 1. The van der Waals surface area contributed by atoms with E-state index >= 15 is 0 Å². The van der Waals surface area contributed by atoms with Gasteiger partial charge in [0.05, 0.1) is 29.5 Å². The van der Waals surface area contributed by atoms with Crippen molar-refractivity contribution in [1.29, 1.82) is 0 Å². The van der Waals surface area contributed by atoms with E-state index in [1.54, 1.807) is 13.0 Å². The Morgan fingerprint density at radius 3 is 2.81 bits per heavy atom. The number of benzene rings is 1. The van der Waals surface area contributed by atoms with Crippen molar-refractivity contribution in [3.8, 4) is 5.75 Å². The van der Waals surface area contributed by atoms with Gasteiger partial charge in [0.15, 0.2) is 6.61 Å². The molecule has 3 N–H and O–H groups in total. The van der Waals surface area contributed by atoms with E-state index < -0.39 is 11.9 Å². The van der Waals surface area contributed by atoms with E-state index in [0.717, 1.165) is 12.8 Å². The van der Waals surface area contributed by atoms with Crippen LogP contribution in [0.5, 0.6) is 5.75 Å². The topological polar surface area (TPSA) is 117 Å². The summed E-state index contributed by atoms with van der Waals surface area (Å²) in [7, 11) is 0. The summed E-state index contributed by atoms with van der Waals surface area (Å²) >= 11 is 6.33. The second-order valence-electron chi connectivity index (χ2n) is 6.86. The first kappa shape index (κ1) is 24.4. The molecule has 1 aromatic carbocycles. The van der Waals surface area contributed by atoms with Gasteiger partial charge in [-0.05, 0) is 49.5 Å². The molecular formula is C22H27ClN2O6. The average molecular weight is 451 g/mol. The van der Waals surface area contributed by atoms with Gasteiger partial charge in [-0.1, -0.05) is 35.0 Å². The minimum Gasteiger partial charge on any atom is -0.506 e. The van der Waals surface area contributed by atoms with Crippen LogP contribution in [-0.4, -0.2) is 54.2 Å². The number of phenolic OH excluding ortho intramolecular Hbond substituents is 1. The third-order valence-corrected chi connectivity index (χ3v) is 4.83. The van der Waals surface area contributed by atoms with Gasteiger partial charge in [0.2, 0.25) is 0 Å². The summed E-state index contributed by atoms with van der Waals surface area (Å²) in [5, 5.41) is 25.4. The Hall–Kier alpha value is -2.84. The summed E-state index contributed by atoms with van der Waals surface area (Å²) in [6.45, 7) is 1.53. The quantitative estimate of drug-likeness (QED) is 0.360. The van der Waals surface area contributed by atoms with E-state index in [9.17, 15) is 14.7 Å². The molecule has 0 saturated carbocycles. The van der Waals surface area contributed by atoms with Crippen molar-refractivity contribution >= 4 is 29.2 Å². The maximum atomic E-state index is 12.7. The van der Waals surface area contributed by atoms with Crippen molar-refractivity contribution in [3.05, 3.63) is 52.1 Å². The first-order valence-corrected chi connectivity index (χ1v) is 10.4. The number of carbonyl (C=O) groups is 2. The van der Waals surface area contributed by atoms with Gasteiger partial charge in [-0.15, -0.1) is 0 Å². The van der Waals surface area contributed by atoms with E-state index in [4.69, 9.17) is 26.3 Å². The molecule has 0 aromatic heterocycles. The second-order valence-corrected chi connectivity index (χ2v) is 7.24. The third kappa shape index (κ3) is 7.73. The Balaban J connectivity index is 2.36. The molecule has 8 nitrogen and oxygen atoms in total. The summed E-state index contributed by atoms with van der Waals surface area (Å²) in [5.74, 6) is -1.11. The van der Waals surface area contributed by atoms with Crippen LogP contribution in [0.1, 0.15) is 40.7 Å². The van der Waals surface area contributed by atoms with Gasteiger partial charge in [0, 0.05) is 13.0 Å². The number of esters is 1. The molecule has 0 fully saturated rings. The number of ether oxygens (including phenoxy) is 1. The monoisotopic (exact) mass is 450 g/mol. The van der Waals surface area contributed by atoms with E-state index in [1.165, 1.54) is 6.07 Å². The molecule has 1 aliphatic rings. The number of aliphatic hydroxyl groups excluding tert-OH is 1. The smallest absolute Gasteiger partial charge is 0.338 e. The molecule has 31 heavy (non-hydrogen) atoms. The lowest BCUT2D eigenvalue weighted by molar-refractivity contribution is -0.125. The molecule has 1 aliphatic heterocycles. The number of amides is 1. The van der Waals surface area contributed by atoms with Crippen molar-refractivity contribution in [2.24, 2.45) is 5.16 Å². The maximum absolute atomic E-state index is 12.7. The number of hydrogen-bond acceptors (Lipinski definition) is 7. The van der Waals surface area contributed by atoms with Gasteiger partial charge in [0.1, 0.15) is 5.75 Å². The number of halogens is 1. The van der Waals surface area contributed by atoms with Crippen molar-refractivity contribution in [2.75, 3.05) is 26.4 Å². The van der Waals surface area contributed by atoms with Crippen LogP contribution in [0.4, 0.5) is 0 Å². The summed E-state index contributed by atoms with van der Waals surface area (Å²) < 4.78 is 5.38. The van der Waals surface area contributed by atoms with Gasteiger partial charge in [-0.3, -0.25) is 4.79 Å². The third-order valence-electron chi connectivity index (χ3n) is 4.41. The highest BCUT2D eigenvalue weighted by atomic mass is 35.5. The first-order chi connectivity index (χ1) is 14.9. The number of oxime groups is 1. The molecule has 0 spiro atoms. The molecule has 168 valence electrons. The first-order valence-electron chi connectivity index (χ1n) is 10.00. The molecule has 0 bridgehead atoms. The van der Waals surface area contributed by atoms with Crippen LogP contribution < -0.4 is 5.32 Å². The lowest BCUT2D eigenvalue weighted by Gasteiger charge is -2.15. The van der Waals surface area contributed by atoms with Crippen LogP contribution in [-0.2, 0) is 20.8 Å². The van der Waals surface area contributed by atoms with Crippen molar-refractivity contribution in [3.63, 3.8) is 0 Å². The summed E-state index contributed by atoms with van der Waals surface area (Å²) in [4.78, 5) is 29.5. The van der Waals surface area contributed by atoms with Crippen molar-refractivity contribution in [1.82, 2.24) is 5.32 Å². The van der Waals surface area contributed by atoms with Crippen LogP contribution in [0.25, 0.3) is 0 Å². The Bertz CT molecular complexity index is 879. The van der Waals surface area contributed by atoms with Gasteiger partial charge < -0.3 is 25.1 Å². The number of rotatable bonds is 5. The minimum absolute atomic E-state index is 0.0336. The molecule has 0 saturated heterocycles. The zero-order chi connectivity index (χ0) is 22.6. The number of carbonyl (C=O) groups excluding carboxylic acids is 2. The van der Waals surface area contributed by atoms with E-state index in [-0.39, 0.29) is 49.1 Å². The number of phenols is 1. The van der Waals surface area contributed by atoms with Crippen LogP contribution in [0, 0.1) is 6.92 Å². The standard InChI is InChI=1S/C22H27ClN2O6/c1-15-12-18(27)21(23)17-13-16(25-31-14-19(28)24-9-10-26)8-6-4-2-3-5-7-11-30-22(29)20(15)17/h3,5-6,8,12,26-27H,2,4,7,9-11,13-14H2,1H3,(H,24,28)/b5-3+,8-6+,25-16+. The Labute approximate surface area is 186 Å². The molecule has 1 amide bonds. The average Bonchev–Trinajstić information content (AvgIpc) is 2.73. The minimum atomic E-state index is -0.535. The number of cyclic esters (lactones) is 1. The number of aromatic hydroxyl groups is 1. The predicted octanol–water partition coefficient (Wildman–Crippen LogP) is 2.83. The number of aliphatic hydroxyl groups is 1. The number of aryl methyl sites for hydroxylation is 1. The Kier molecular flexibility index (Phi) is 10.1. The van der Waals surface area contributed by atoms with Crippen molar-refractivity contribution < 1.29 is 29.4 Å². The molecule has 0 aliphatic carbocycles. The van der Waals surface area contributed by atoms with Gasteiger partial charge in [-0.2, -0.15) is 0 Å². The summed E-state index contributed by atoms with van der Waals surface area (Å²) in [6.07, 6.45) is 9.86. The number of allylic oxidation sites excluding steroid dienone is 3. The molecule has 9 heteroatoms. The van der Waals surface area contributed by atoms with Crippen LogP contribution in [0.3, 0.4) is 0 Å². The molecular weight excluding hydrogens is 424 g/mol. The largest absolute Gasteiger partial charge is 0.506 e. The van der Waals surface area contributed by atoms with Gasteiger partial charge in [0.25, 0.3) is 5.91 Å². The maximum Gasteiger partial charge on any atom is 0.338 e. The Morgan fingerprint density at radius 2 is 2.03 bits per heavy atom. The SMILES string of the molecule is Cc1cc(O)c(Cl)c2c1C(=O)OCC/C=C/CC/C=C/C(=N\OCC(=O)NCCO)C2. The van der Waals surface area contributed by atoms with E-state index in [0.29, 0.717) is 23.3 Å². The molecule has 0 radical (unpaired) electrons. The molecule has 0 atom stereocenters.